The minimum Gasteiger partial charge on any atom is -0.383 e. The maximum Gasteiger partial charge on any atom is 0.150 e. The number of rotatable bonds is 7. The van der Waals surface area contributed by atoms with Crippen molar-refractivity contribution in [3.05, 3.63) is 34.9 Å². The van der Waals surface area contributed by atoms with Crippen molar-refractivity contribution in [3.8, 4) is 0 Å². The maximum atomic E-state index is 11.7. The minimum atomic E-state index is 0.214. The number of ether oxygens (including phenoxy) is 1. The Morgan fingerprint density at radius 3 is 2.47 bits per heavy atom. The van der Waals surface area contributed by atoms with Gasteiger partial charge in [0, 0.05) is 20.1 Å². The van der Waals surface area contributed by atoms with Crippen LogP contribution in [0.15, 0.2) is 18.2 Å². The van der Waals surface area contributed by atoms with E-state index in [1.807, 2.05) is 0 Å². The Balaban J connectivity index is 2.39. The molecular weight excluding hydrogens is 214 g/mol. The number of nitrogens with one attached hydrogen (secondary N) is 1. The van der Waals surface area contributed by atoms with E-state index >= 15 is 0 Å². The van der Waals surface area contributed by atoms with E-state index in [1.54, 1.807) is 7.11 Å². The molecule has 0 fully saturated rings. The van der Waals surface area contributed by atoms with E-state index < -0.39 is 0 Å². The highest BCUT2D eigenvalue weighted by atomic mass is 16.5. The first-order valence-electron chi connectivity index (χ1n) is 5.90. The highest BCUT2D eigenvalue weighted by Gasteiger charge is 2.04. The summed E-state index contributed by atoms with van der Waals surface area (Å²) in [5.41, 5.74) is 3.52. The highest BCUT2D eigenvalue weighted by molar-refractivity contribution is 5.82. The number of aryl methyl sites for hydroxylation is 2. The van der Waals surface area contributed by atoms with E-state index in [4.69, 9.17) is 4.74 Å². The third kappa shape index (κ3) is 5.61. The van der Waals surface area contributed by atoms with Gasteiger partial charge in [-0.25, -0.2) is 0 Å². The molecule has 3 nitrogen and oxygen atoms in total. The molecule has 1 aromatic rings. The summed E-state index contributed by atoms with van der Waals surface area (Å²) in [4.78, 5) is 11.7. The largest absolute Gasteiger partial charge is 0.383 e. The maximum absolute atomic E-state index is 11.7. The smallest absolute Gasteiger partial charge is 0.150 e. The van der Waals surface area contributed by atoms with E-state index in [9.17, 15) is 4.79 Å². The predicted molar refractivity (Wildman–Crippen MR) is 69.4 cm³/mol. The number of methoxy groups -OCH3 is 1. The van der Waals surface area contributed by atoms with Gasteiger partial charge in [0.2, 0.25) is 0 Å². The van der Waals surface area contributed by atoms with Gasteiger partial charge in [0.05, 0.1) is 13.2 Å². The average molecular weight is 235 g/mol. The monoisotopic (exact) mass is 235 g/mol. The van der Waals surface area contributed by atoms with Crippen molar-refractivity contribution in [1.82, 2.24) is 5.32 Å². The third-order valence-electron chi connectivity index (χ3n) is 2.49. The molecule has 94 valence electrons. The molecule has 1 rings (SSSR count). The fraction of sp³-hybridized carbons (Fsp3) is 0.500. The summed E-state index contributed by atoms with van der Waals surface area (Å²) in [6.07, 6.45) is 0.502. The van der Waals surface area contributed by atoms with Gasteiger partial charge in [-0.3, -0.25) is 4.79 Å². The lowest BCUT2D eigenvalue weighted by atomic mass is 10.0. The van der Waals surface area contributed by atoms with Gasteiger partial charge in [-0.1, -0.05) is 29.3 Å². The fourth-order valence-electron chi connectivity index (χ4n) is 1.86. The lowest BCUT2D eigenvalue weighted by Gasteiger charge is -2.06. The second-order valence-corrected chi connectivity index (χ2v) is 4.38. The van der Waals surface area contributed by atoms with Crippen LogP contribution in [0.25, 0.3) is 0 Å². The standard InChI is InChI=1S/C14H21NO2/c1-11-6-12(2)8-13(7-11)9-14(16)10-15-4-5-17-3/h6-8,15H,4-5,9-10H2,1-3H3. The van der Waals surface area contributed by atoms with Crippen LogP contribution in [0.3, 0.4) is 0 Å². The van der Waals surface area contributed by atoms with Gasteiger partial charge >= 0.3 is 0 Å². The predicted octanol–water partition coefficient (Wildman–Crippen LogP) is 1.65. The number of ketones is 1. The van der Waals surface area contributed by atoms with Gasteiger partial charge in [-0.05, 0) is 19.4 Å². The first-order valence-corrected chi connectivity index (χ1v) is 5.90. The summed E-state index contributed by atoms with van der Waals surface area (Å²) in [6, 6.07) is 6.25. The summed E-state index contributed by atoms with van der Waals surface area (Å²) in [5.74, 6) is 0.214. The second-order valence-electron chi connectivity index (χ2n) is 4.38. The molecule has 0 spiro atoms. The summed E-state index contributed by atoms with van der Waals surface area (Å²) in [5, 5.41) is 3.06. The number of benzene rings is 1. The Morgan fingerprint density at radius 1 is 1.24 bits per heavy atom. The van der Waals surface area contributed by atoms with E-state index in [-0.39, 0.29) is 5.78 Å². The molecule has 0 atom stereocenters. The molecule has 1 aromatic carbocycles. The molecule has 0 radical (unpaired) electrons. The van der Waals surface area contributed by atoms with Crippen LogP contribution in [0.2, 0.25) is 0 Å². The zero-order chi connectivity index (χ0) is 12.7. The molecule has 1 N–H and O–H groups in total. The van der Waals surface area contributed by atoms with Crippen LogP contribution < -0.4 is 5.32 Å². The van der Waals surface area contributed by atoms with Crippen molar-refractivity contribution in [2.45, 2.75) is 20.3 Å². The van der Waals surface area contributed by atoms with Crippen LogP contribution in [0.1, 0.15) is 16.7 Å². The summed E-state index contributed by atoms with van der Waals surface area (Å²) >= 11 is 0. The van der Waals surface area contributed by atoms with Gasteiger partial charge in [-0.2, -0.15) is 0 Å². The fourth-order valence-corrected chi connectivity index (χ4v) is 1.86. The van der Waals surface area contributed by atoms with Crippen LogP contribution in [0.5, 0.6) is 0 Å². The molecule has 0 bridgehead atoms. The van der Waals surface area contributed by atoms with Crippen molar-refractivity contribution >= 4 is 5.78 Å². The molecule has 0 heterocycles. The summed E-state index contributed by atoms with van der Waals surface area (Å²) in [7, 11) is 1.65. The topological polar surface area (TPSA) is 38.3 Å². The molecular formula is C14H21NO2. The Hall–Kier alpha value is -1.19. The quantitative estimate of drug-likeness (QED) is 0.730. The van der Waals surface area contributed by atoms with Crippen molar-refractivity contribution in [1.29, 1.82) is 0 Å². The SMILES string of the molecule is COCCNCC(=O)Cc1cc(C)cc(C)c1. The normalized spacial score (nSPS) is 10.5. The van der Waals surface area contributed by atoms with Gasteiger partial charge in [0.1, 0.15) is 0 Å². The molecule has 0 aliphatic rings. The number of hydrogen-bond donors (Lipinski definition) is 1. The Morgan fingerprint density at radius 2 is 1.88 bits per heavy atom. The molecule has 0 saturated heterocycles. The second kappa shape index (κ2) is 7.20. The van der Waals surface area contributed by atoms with Crippen molar-refractivity contribution < 1.29 is 9.53 Å². The Labute approximate surface area is 103 Å². The molecule has 0 aliphatic heterocycles. The molecule has 0 unspecified atom stereocenters. The van der Waals surface area contributed by atoms with Crippen molar-refractivity contribution in [2.24, 2.45) is 0 Å². The number of Topliss-reactive ketones (excluding diaryl/α,β-unsaturated/α-hetero) is 1. The molecule has 0 aromatic heterocycles. The van der Waals surface area contributed by atoms with Crippen LogP contribution >= 0.6 is 0 Å². The lowest BCUT2D eigenvalue weighted by Crippen LogP contribution is -2.27. The number of carbonyl (C=O) groups excluding carboxylic acids is 1. The summed E-state index contributed by atoms with van der Waals surface area (Å²) in [6.45, 7) is 5.87. The minimum absolute atomic E-state index is 0.214. The molecule has 0 amide bonds. The molecule has 0 saturated carbocycles. The van der Waals surface area contributed by atoms with E-state index in [2.05, 4.69) is 37.4 Å². The van der Waals surface area contributed by atoms with Crippen molar-refractivity contribution in [3.63, 3.8) is 0 Å². The van der Waals surface area contributed by atoms with Gasteiger partial charge < -0.3 is 10.1 Å². The zero-order valence-electron chi connectivity index (χ0n) is 10.9. The molecule has 3 heteroatoms. The Kier molecular flexibility index (Phi) is 5.87. The first kappa shape index (κ1) is 13.9. The van der Waals surface area contributed by atoms with Crippen LogP contribution in [-0.4, -0.2) is 32.6 Å². The summed E-state index contributed by atoms with van der Waals surface area (Å²) < 4.78 is 4.90. The van der Waals surface area contributed by atoms with Gasteiger partial charge in [0.15, 0.2) is 5.78 Å². The zero-order valence-corrected chi connectivity index (χ0v) is 10.9. The van der Waals surface area contributed by atoms with Crippen LogP contribution in [0.4, 0.5) is 0 Å². The van der Waals surface area contributed by atoms with Crippen LogP contribution in [-0.2, 0) is 16.0 Å². The third-order valence-corrected chi connectivity index (χ3v) is 2.49. The van der Waals surface area contributed by atoms with E-state index in [1.165, 1.54) is 11.1 Å². The lowest BCUT2D eigenvalue weighted by molar-refractivity contribution is -0.117. The van der Waals surface area contributed by atoms with Crippen LogP contribution in [0, 0.1) is 13.8 Å². The Bertz CT molecular complexity index is 354. The average Bonchev–Trinajstić information content (AvgIpc) is 2.23. The highest BCUT2D eigenvalue weighted by Crippen LogP contribution is 2.09. The van der Waals surface area contributed by atoms with Crippen molar-refractivity contribution in [2.75, 3.05) is 26.8 Å². The molecule has 0 aliphatic carbocycles. The van der Waals surface area contributed by atoms with E-state index in [0.717, 1.165) is 12.1 Å². The van der Waals surface area contributed by atoms with E-state index in [0.29, 0.717) is 19.6 Å². The van der Waals surface area contributed by atoms with Gasteiger partial charge in [-0.15, -0.1) is 0 Å². The number of hydrogen-bond acceptors (Lipinski definition) is 3. The first-order chi connectivity index (χ1) is 8.11. The molecule has 17 heavy (non-hydrogen) atoms. The van der Waals surface area contributed by atoms with Gasteiger partial charge in [0.25, 0.3) is 0 Å². The number of carbonyl (C=O) groups is 1.